The number of anilines is 1. The highest BCUT2D eigenvalue weighted by atomic mass is 35.5. The molecule has 1 aromatic rings. The van der Waals surface area contributed by atoms with Crippen molar-refractivity contribution >= 4 is 28.2 Å². The molecule has 1 aliphatic rings. The lowest BCUT2D eigenvalue weighted by Crippen LogP contribution is -2.38. The van der Waals surface area contributed by atoms with E-state index in [1.807, 2.05) is 6.07 Å². The molecule has 6 heteroatoms. The zero-order valence-electron chi connectivity index (χ0n) is 8.86. The van der Waals surface area contributed by atoms with Gasteiger partial charge in [-0.1, -0.05) is 11.6 Å². The molecule has 16 heavy (non-hydrogen) atoms. The van der Waals surface area contributed by atoms with E-state index in [0.717, 1.165) is 24.5 Å². The minimum Gasteiger partial charge on any atom is -0.354 e. The predicted octanol–water partition coefficient (Wildman–Crippen LogP) is 0.762. The molecule has 0 radical (unpaired) electrons. The normalized spacial score (nSPS) is 17.8. The first-order valence-electron chi connectivity index (χ1n) is 5.15. The van der Waals surface area contributed by atoms with E-state index in [-0.39, 0.29) is 0 Å². The molecule has 1 aliphatic heterocycles. The van der Waals surface area contributed by atoms with Crippen LogP contribution in [-0.2, 0) is 17.3 Å². The number of halogens is 1. The number of nitrogens with zero attached hydrogens (tertiary/aromatic N) is 2. The van der Waals surface area contributed by atoms with Crippen LogP contribution in [0.4, 0.5) is 5.82 Å². The fourth-order valence-electron chi connectivity index (χ4n) is 1.70. The number of nitrogens with two attached hydrogens (primary N) is 1. The average Bonchev–Trinajstić information content (AvgIpc) is 2.31. The molecule has 0 unspecified atom stereocenters. The van der Waals surface area contributed by atoms with E-state index in [0.29, 0.717) is 23.1 Å². The summed E-state index contributed by atoms with van der Waals surface area (Å²) in [5.74, 6) is 2.14. The monoisotopic (exact) mass is 259 g/mol. The fourth-order valence-corrected chi connectivity index (χ4v) is 3.06. The van der Waals surface area contributed by atoms with Crippen LogP contribution in [0.1, 0.15) is 5.56 Å². The van der Waals surface area contributed by atoms with Gasteiger partial charge in [0.05, 0.1) is 5.02 Å². The number of aromatic nitrogens is 1. The molecule has 2 N–H and O–H groups in total. The van der Waals surface area contributed by atoms with Gasteiger partial charge in [0.2, 0.25) is 0 Å². The smallest absolute Gasteiger partial charge is 0.147 e. The van der Waals surface area contributed by atoms with Crippen molar-refractivity contribution in [3.63, 3.8) is 0 Å². The van der Waals surface area contributed by atoms with E-state index in [1.165, 1.54) is 0 Å². The van der Waals surface area contributed by atoms with Gasteiger partial charge in [-0.05, 0) is 11.6 Å². The molecule has 0 saturated carbocycles. The lowest BCUT2D eigenvalue weighted by molar-refractivity contribution is 0.672. The van der Waals surface area contributed by atoms with Crippen molar-refractivity contribution in [3.05, 3.63) is 22.8 Å². The molecule has 1 fully saturated rings. The van der Waals surface area contributed by atoms with E-state index in [4.69, 9.17) is 17.3 Å². The summed E-state index contributed by atoms with van der Waals surface area (Å²) in [5.41, 5.74) is 6.49. The van der Waals surface area contributed by atoms with Crippen molar-refractivity contribution in [2.75, 3.05) is 29.5 Å². The van der Waals surface area contributed by atoms with E-state index < -0.39 is 10.8 Å². The number of hydrogen-bond donors (Lipinski definition) is 1. The number of pyridine rings is 1. The van der Waals surface area contributed by atoms with Crippen LogP contribution >= 0.6 is 11.6 Å². The van der Waals surface area contributed by atoms with Crippen LogP contribution < -0.4 is 10.6 Å². The Kier molecular flexibility index (Phi) is 3.78. The SMILES string of the molecule is NCc1ccnc(N2CCS(=O)CC2)c1Cl. The van der Waals surface area contributed by atoms with Crippen molar-refractivity contribution < 1.29 is 4.21 Å². The van der Waals surface area contributed by atoms with E-state index in [2.05, 4.69) is 9.88 Å². The van der Waals surface area contributed by atoms with Crippen LogP contribution in [-0.4, -0.2) is 33.8 Å². The third-order valence-electron chi connectivity index (χ3n) is 2.65. The highest BCUT2D eigenvalue weighted by Crippen LogP contribution is 2.27. The summed E-state index contributed by atoms with van der Waals surface area (Å²) in [4.78, 5) is 6.35. The van der Waals surface area contributed by atoms with Crippen molar-refractivity contribution in [1.29, 1.82) is 0 Å². The van der Waals surface area contributed by atoms with Crippen LogP contribution in [0.3, 0.4) is 0 Å². The lowest BCUT2D eigenvalue weighted by atomic mass is 10.2. The first-order valence-corrected chi connectivity index (χ1v) is 7.02. The Hall–Kier alpha value is -0.650. The molecule has 0 bridgehead atoms. The van der Waals surface area contributed by atoms with Gasteiger partial charge in [-0.25, -0.2) is 4.98 Å². The number of rotatable bonds is 2. The van der Waals surface area contributed by atoms with Crippen molar-refractivity contribution in [3.8, 4) is 0 Å². The summed E-state index contributed by atoms with van der Waals surface area (Å²) in [6.45, 7) is 1.90. The van der Waals surface area contributed by atoms with Crippen LogP contribution in [0.25, 0.3) is 0 Å². The largest absolute Gasteiger partial charge is 0.354 e. The Bertz CT molecular complexity index is 403. The molecular formula is C10H14ClN3OS. The van der Waals surface area contributed by atoms with Crippen LogP contribution in [0, 0.1) is 0 Å². The quantitative estimate of drug-likeness (QED) is 0.852. The number of hydrogen-bond acceptors (Lipinski definition) is 4. The molecule has 88 valence electrons. The molecule has 0 amide bonds. The van der Waals surface area contributed by atoms with Gasteiger partial charge in [-0.15, -0.1) is 0 Å². The molecule has 0 aliphatic carbocycles. The fraction of sp³-hybridized carbons (Fsp3) is 0.500. The minimum atomic E-state index is -0.686. The standard InChI is InChI=1S/C10H14ClN3OS/c11-9-8(7-12)1-2-13-10(9)14-3-5-16(15)6-4-14/h1-2H,3-7,12H2. The van der Waals surface area contributed by atoms with Gasteiger partial charge in [-0.2, -0.15) is 0 Å². The van der Waals surface area contributed by atoms with Crippen molar-refractivity contribution in [2.45, 2.75) is 6.54 Å². The second kappa shape index (κ2) is 5.12. The molecule has 1 saturated heterocycles. The van der Waals surface area contributed by atoms with Crippen molar-refractivity contribution in [2.24, 2.45) is 5.73 Å². The summed E-state index contributed by atoms with van der Waals surface area (Å²) in [7, 11) is -0.686. The van der Waals surface area contributed by atoms with Crippen LogP contribution in [0.2, 0.25) is 5.02 Å². The van der Waals surface area contributed by atoms with Gasteiger partial charge in [0.25, 0.3) is 0 Å². The zero-order chi connectivity index (χ0) is 11.5. The maximum Gasteiger partial charge on any atom is 0.147 e. The Morgan fingerprint density at radius 1 is 1.50 bits per heavy atom. The summed E-state index contributed by atoms with van der Waals surface area (Å²) >= 11 is 6.22. The topological polar surface area (TPSA) is 59.2 Å². The van der Waals surface area contributed by atoms with Gasteiger partial charge >= 0.3 is 0 Å². The Labute approximate surface area is 102 Å². The van der Waals surface area contributed by atoms with Gasteiger partial charge in [-0.3, -0.25) is 4.21 Å². The van der Waals surface area contributed by atoms with Crippen molar-refractivity contribution in [1.82, 2.24) is 4.98 Å². The van der Waals surface area contributed by atoms with Gasteiger partial charge in [0.1, 0.15) is 5.82 Å². The Morgan fingerprint density at radius 3 is 2.81 bits per heavy atom. The molecule has 0 atom stereocenters. The zero-order valence-corrected chi connectivity index (χ0v) is 10.4. The van der Waals surface area contributed by atoms with Gasteiger partial charge in [0, 0.05) is 48.1 Å². The Morgan fingerprint density at radius 2 is 2.19 bits per heavy atom. The second-order valence-electron chi connectivity index (χ2n) is 3.65. The van der Waals surface area contributed by atoms with E-state index in [1.54, 1.807) is 6.20 Å². The van der Waals surface area contributed by atoms with Gasteiger partial charge in [0.15, 0.2) is 0 Å². The molecular weight excluding hydrogens is 246 g/mol. The third-order valence-corrected chi connectivity index (χ3v) is 4.34. The predicted molar refractivity (Wildman–Crippen MR) is 67.2 cm³/mol. The molecule has 2 rings (SSSR count). The van der Waals surface area contributed by atoms with Crippen LogP contribution in [0.5, 0.6) is 0 Å². The summed E-state index contributed by atoms with van der Waals surface area (Å²) in [6, 6.07) is 1.83. The third kappa shape index (κ3) is 2.36. The second-order valence-corrected chi connectivity index (χ2v) is 5.72. The van der Waals surface area contributed by atoms with E-state index in [9.17, 15) is 4.21 Å². The minimum absolute atomic E-state index is 0.411. The molecule has 0 spiro atoms. The van der Waals surface area contributed by atoms with E-state index >= 15 is 0 Å². The highest BCUT2D eigenvalue weighted by Gasteiger charge is 2.19. The lowest BCUT2D eigenvalue weighted by Gasteiger charge is -2.28. The first-order chi connectivity index (χ1) is 7.72. The Balaban J connectivity index is 2.23. The summed E-state index contributed by atoms with van der Waals surface area (Å²) in [6.07, 6.45) is 1.72. The summed E-state index contributed by atoms with van der Waals surface area (Å²) in [5, 5.41) is 0.623. The average molecular weight is 260 g/mol. The maximum absolute atomic E-state index is 11.3. The van der Waals surface area contributed by atoms with Gasteiger partial charge < -0.3 is 10.6 Å². The molecule has 4 nitrogen and oxygen atoms in total. The molecule has 0 aromatic carbocycles. The summed E-state index contributed by atoms with van der Waals surface area (Å²) < 4.78 is 11.3. The first kappa shape index (κ1) is 11.8. The highest BCUT2D eigenvalue weighted by molar-refractivity contribution is 7.85. The van der Waals surface area contributed by atoms with Crippen LogP contribution in [0.15, 0.2) is 12.3 Å². The molecule has 1 aromatic heterocycles. The molecule has 2 heterocycles. The maximum atomic E-state index is 11.3.